The molecule has 0 bridgehead atoms. The van der Waals surface area contributed by atoms with E-state index >= 15 is 0 Å². The lowest BCUT2D eigenvalue weighted by molar-refractivity contribution is 0.578. The van der Waals surface area contributed by atoms with Crippen molar-refractivity contribution in [2.45, 2.75) is 43.4 Å². The fourth-order valence-corrected chi connectivity index (χ4v) is 4.90. The Hall–Kier alpha value is -1.90. The molecule has 2 aromatic rings. The SMILES string of the molecule is CCCCNS(=O)(=O)c1cccc(NS(=O)(=O)c2cc(C)ccc2C)c1. The van der Waals surface area contributed by atoms with Crippen LogP contribution < -0.4 is 9.44 Å². The Morgan fingerprint density at radius 3 is 2.35 bits per heavy atom. The lowest BCUT2D eigenvalue weighted by atomic mass is 10.2. The Labute approximate surface area is 155 Å². The van der Waals surface area contributed by atoms with Gasteiger partial charge in [-0.15, -0.1) is 0 Å². The highest BCUT2D eigenvalue weighted by atomic mass is 32.2. The van der Waals surface area contributed by atoms with E-state index in [-0.39, 0.29) is 15.5 Å². The van der Waals surface area contributed by atoms with Crippen molar-refractivity contribution in [2.75, 3.05) is 11.3 Å². The van der Waals surface area contributed by atoms with Gasteiger partial charge in [-0.05, 0) is 55.7 Å². The molecule has 0 amide bonds. The predicted molar refractivity (Wildman–Crippen MR) is 103 cm³/mol. The van der Waals surface area contributed by atoms with Crippen molar-refractivity contribution in [3.8, 4) is 0 Å². The number of sulfonamides is 2. The van der Waals surface area contributed by atoms with Gasteiger partial charge in [0.2, 0.25) is 10.0 Å². The summed E-state index contributed by atoms with van der Waals surface area (Å²) in [5.41, 5.74) is 1.64. The zero-order chi connectivity index (χ0) is 19.4. The number of nitrogens with one attached hydrogen (secondary N) is 2. The average Bonchev–Trinajstić information content (AvgIpc) is 2.57. The molecule has 0 aliphatic heterocycles. The van der Waals surface area contributed by atoms with E-state index in [0.717, 1.165) is 18.4 Å². The van der Waals surface area contributed by atoms with Crippen LogP contribution in [0.3, 0.4) is 0 Å². The first-order chi connectivity index (χ1) is 12.2. The molecule has 2 aromatic carbocycles. The molecule has 0 radical (unpaired) electrons. The summed E-state index contributed by atoms with van der Waals surface area (Å²) in [5, 5.41) is 0. The summed E-state index contributed by atoms with van der Waals surface area (Å²) < 4.78 is 54.9. The number of hydrogen-bond donors (Lipinski definition) is 2. The van der Waals surface area contributed by atoms with E-state index in [1.807, 2.05) is 19.9 Å². The summed E-state index contributed by atoms with van der Waals surface area (Å²) in [6.07, 6.45) is 1.61. The number of benzene rings is 2. The molecule has 0 saturated heterocycles. The van der Waals surface area contributed by atoms with E-state index in [1.54, 1.807) is 19.1 Å². The third-order valence-corrected chi connectivity index (χ3v) is 6.83. The molecule has 0 aromatic heterocycles. The van der Waals surface area contributed by atoms with Crippen molar-refractivity contribution in [1.29, 1.82) is 0 Å². The van der Waals surface area contributed by atoms with Gasteiger partial charge >= 0.3 is 0 Å². The minimum atomic E-state index is -3.81. The molecule has 0 aliphatic carbocycles. The Kier molecular flexibility index (Phi) is 6.44. The van der Waals surface area contributed by atoms with Crippen LogP contribution in [0.5, 0.6) is 0 Å². The van der Waals surface area contributed by atoms with E-state index in [0.29, 0.717) is 12.1 Å². The van der Waals surface area contributed by atoms with Gasteiger partial charge < -0.3 is 0 Å². The molecule has 0 aliphatic rings. The molecule has 2 N–H and O–H groups in total. The molecule has 0 spiro atoms. The number of anilines is 1. The monoisotopic (exact) mass is 396 g/mol. The predicted octanol–water partition coefficient (Wildman–Crippen LogP) is 3.18. The molecule has 2 rings (SSSR count). The largest absolute Gasteiger partial charge is 0.280 e. The third kappa shape index (κ3) is 5.06. The van der Waals surface area contributed by atoms with E-state index in [1.165, 1.54) is 24.3 Å². The highest BCUT2D eigenvalue weighted by molar-refractivity contribution is 7.92. The van der Waals surface area contributed by atoms with Gasteiger partial charge in [0.1, 0.15) is 0 Å². The molecule has 0 unspecified atom stereocenters. The maximum Gasteiger partial charge on any atom is 0.262 e. The van der Waals surface area contributed by atoms with Crippen molar-refractivity contribution in [3.05, 3.63) is 53.6 Å². The first-order valence-corrected chi connectivity index (χ1v) is 11.3. The second-order valence-corrected chi connectivity index (χ2v) is 9.57. The Morgan fingerprint density at radius 1 is 0.923 bits per heavy atom. The topological polar surface area (TPSA) is 92.3 Å². The Bertz CT molecular complexity index is 984. The van der Waals surface area contributed by atoms with E-state index in [9.17, 15) is 16.8 Å². The number of rotatable bonds is 8. The molecule has 0 heterocycles. The van der Waals surface area contributed by atoms with Crippen LogP contribution >= 0.6 is 0 Å². The molecular weight excluding hydrogens is 372 g/mol. The fourth-order valence-electron chi connectivity index (χ4n) is 2.40. The van der Waals surface area contributed by atoms with E-state index in [2.05, 4.69) is 9.44 Å². The Morgan fingerprint density at radius 2 is 1.65 bits per heavy atom. The fraction of sp³-hybridized carbons (Fsp3) is 0.333. The van der Waals surface area contributed by atoms with Crippen LogP contribution in [0.25, 0.3) is 0 Å². The maximum atomic E-state index is 12.7. The van der Waals surface area contributed by atoms with Crippen molar-refractivity contribution < 1.29 is 16.8 Å². The van der Waals surface area contributed by atoms with Gasteiger partial charge in [0, 0.05) is 6.54 Å². The van der Waals surface area contributed by atoms with Crippen LogP contribution in [-0.2, 0) is 20.0 Å². The Balaban J connectivity index is 2.29. The van der Waals surface area contributed by atoms with Crippen LogP contribution in [0.15, 0.2) is 52.3 Å². The molecule has 8 heteroatoms. The van der Waals surface area contributed by atoms with Crippen LogP contribution in [0, 0.1) is 13.8 Å². The molecule has 0 saturated carbocycles. The van der Waals surface area contributed by atoms with Crippen LogP contribution in [0.4, 0.5) is 5.69 Å². The standard InChI is InChI=1S/C18H24N2O4S2/c1-4-5-11-19-25(21,22)17-8-6-7-16(13-17)20-26(23,24)18-12-14(2)9-10-15(18)3/h6-10,12-13,19-20H,4-5,11H2,1-3H3. The molecule has 6 nitrogen and oxygen atoms in total. The van der Waals surface area contributed by atoms with Crippen molar-refractivity contribution in [3.63, 3.8) is 0 Å². The number of aryl methyl sites for hydroxylation is 2. The summed E-state index contributed by atoms with van der Waals surface area (Å²) in [5.74, 6) is 0. The summed E-state index contributed by atoms with van der Waals surface area (Å²) in [7, 11) is -7.49. The van der Waals surface area contributed by atoms with Crippen LogP contribution in [0.2, 0.25) is 0 Å². The van der Waals surface area contributed by atoms with Crippen molar-refractivity contribution in [2.24, 2.45) is 0 Å². The number of hydrogen-bond acceptors (Lipinski definition) is 4. The summed E-state index contributed by atoms with van der Waals surface area (Å²) in [6, 6.07) is 10.9. The smallest absolute Gasteiger partial charge is 0.262 e. The maximum absolute atomic E-state index is 12.7. The van der Waals surface area contributed by atoms with Gasteiger partial charge in [-0.3, -0.25) is 4.72 Å². The van der Waals surface area contributed by atoms with Crippen molar-refractivity contribution >= 4 is 25.7 Å². The third-order valence-electron chi connectivity index (χ3n) is 3.85. The highest BCUT2D eigenvalue weighted by Crippen LogP contribution is 2.22. The van der Waals surface area contributed by atoms with Crippen LogP contribution in [0.1, 0.15) is 30.9 Å². The second kappa shape index (κ2) is 8.20. The molecule has 142 valence electrons. The highest BCUT2D eigenvalue weighted by Gasteiger charge is 2.19. The summed E-state index contributed by atoms with van der Waals surface area (Å²) in [6.45, 7) is 5.84. The zero-order valence-electron chi connectivity index (χ0n) is 15.1. The minimum absolute atomic E-state index is 0.0229. The lowest BCUT2D eigenvalue weighted by Gasteiger charge is -2.12. The van der Waals surface area contributed by atoms with Gasteiger partial charge in [-0.25, -0.2) is 21.6 Å². The normalized spacial score (nSPS) is 12.1. The zero-order valence-corrected chi connectivity index (χ0v) is 16.7. The van der Waals surface area contributed by atoms with E-state index in [4.69, 9.17) is 0 Å². The van der Waals surface area contributed by atoms with Gasteiger partial charge in [0.05, 0.1) is 15.5 Å². The average molecular weight is 397 g/mol. The first-order valence-electron chi connectivity index (χ1n) is 8.35. The quantitative estimate of drug-likeness (QED) is 0.670. The van der Waals surface area contributed by atoms with Gasteiger partial charge in [-0.1, -0.05) is 31.5 Å². The molecule has 26 heavy (non-hydrogen) atoms. The van der Waals surface area contributed by atoms with E-state index < -0.39 is 20.0 Å². The second-order valence-electron chi connectivity index (χ2n) is 6.15. The molecule has 0 atom stereocenters. The van der Waals surface area contributed by atoms with Crippen LogP contribution in [-0.4, -0.2) is 23.4 Å². The summed E-state index contributed by atoms with van der Waals surface area (Å²) >= 11 is 0. The number of unbranched alkanes of at least 4 members (excludes halogenated alkanes) is 1. The summed E-state index contributed by atoms with van der Waals surface area (Å²) in [4.78, 5) is 0.196. The van der Waals surface area contributed by atoms with Gasteiger partial charge in [0.15, 0.2) is 0 Å². The van der Waals surface area contributed by atoms with Gasteiger partial charge in [-0.2, -0.15) is 0 Å². The van der Waals surface area contributed by atoms with Crippen molar-refractivity contribution in [1.82, 2.24) is 4.72 Å². The molecule has 0 fully saturated rings. The molecular formula is C18H24N2O4S2. The van der Waals surface area contributed by atoms with Gasteiger partial charge in [0.25, 0.3) is 10.0 Å². The lowest BCUT2D eigenvalue weighted by Crippen LogP contribution is -2.25. The minimum Gasteiger partial charge on any atom is -0.280 e. The first kappa shape index (κ1) is 20.4.